The molecule has 0 fully saturated rings. The molecule has 8 heteroatoms. The Morgan fingerprint density at radius 2 is 1.83 bits per heavy atom. The van der Waals surface area contributed by atoms with E-state index in [-0.39, 0.29) is 0 Å². The first kappa shape index (κ1) is 19.4. The quantitative estimate of drug-likeness (QED) is 0.471. The van der Waals surface area contributed by atoms with E-state index in [1.165, 1.54) is 11.1 Å². The predicted molar refractivity (Wildman–Crippen MR) is 120 cm³/mol. The highest BCUT2D eigenvalue weighted by molar-refractivity contribution is 7.92. The topological polar surface area (TPSA) is 84.0 Å². The zero-order valence-electron chi connectivity index (χ0n) is 16.0. The summed E-state index contributed by atoms with van der Waals surface area (Å²) in [5.41, 5.74) is 4.72. The molecule has 0 saturated heterocycles. The minimum atomic E-state index is -3.32. The Balaban J connectivity index is 1.62. The van der Waals surface area contributed by atoms with E-state index in [9.17, 15) is 8.42 Å². The van der Waals surface area contributed by atoms with Gasteiger partial charge in [-0.2, -0.15) is 0 Å². The first-order valence-electron chi connectivity index (χ1n) is 8.99. The molecule has 0 aliphatic heterocycles. The van der Waals surface area contributed by atoms with Gasteiger partial charge < -0.3 is 5.32 Å². The van der Waals surface area contributed by atoms with Crippen molar-refractivity contribution in [2.24, 2.45) is 0 Å². The van der Waals surface area contributed by atoms with Crippen molar-refractivity contribution < 1.29 is 8.42 Å². The number of nitrogens with zero attached hydrogens (tertiary/aromatic N) is 2. The number of sulfonamides is 1. The van der Waals surface area contributed by atoms with Crippen LogP contribution in [0.4, 0.5) is 11.5 Å². The zero-order valence-corrected chi connectivity index (χ0v) is 17.6. The van der Waals surface area contributed by atoms with Crippen molar-refractivity contribution in [3.05, 3.63) is 72.1 Å². The molecule has 2 aromatic carbocycles. The van der Waals surface area contributed by atoms with Gasteiger partial charge in [0.15, 0.2) is 0 Å². The molecule has 148 valence electrons. The van der Waals surface area contributed by atoms with Crippen molar-refractivity contribution in [1.29, 1.82) is 0 Å². The van der Waals surface area contributed by atoms with E-state index in [0.29, 0.717) is 12.2 Å². The predicted octanol–water partition coefficient (Wildman–Crippen LogP) is 4.65. The monoisotopic (exact) mass is 424 g/mol. The van der Waals surface area contributed by atoms with Gasteiger partial charge >= 0.3 is 0 Å². The lowest BCUT2D eigenvalue weighted by atomic mass is 10.1. The SMILES string of the molecule is Cc1ccc(CNc2ncnc3cc(-c4cccc(NS(C)(=O)=O)c4)sc23)cc1. The fourth-order valence-electron chi connectivity index (χ4n) is 2.96. The van der Waals surface area contributed by atoms with E-state index in [0.717, 1.165) is 32.7 Å². The normalized spacial score (nSPS) is 11.5. The fourth-order valence-corrected chi connectivity index (χ4v) is 4.59. The summed E-state index contributed by atoms with van der Waals surface area (Å²) < 4.78 is 26.5. The lowest BCUT2D eigenvalue weighted by Gasteiger charge is -2.06. The first-order chi connectivity index (χ1) is 13.9. The lowest BCUT2D eigenvalue weighted by Crippen LogP contribution is -2.09. The van der Waals surface area contributed by atoms with Gasteiger partial charge in [-0.05, 0) is 36.2 Å². The van der Waals surface area contributed by atoms with Crippen molar-refractivity contribution >= 4 is 43.1 Å². The summed E-state index contributed by atoms with van der Waals surface area (Å²) in [5, 5.41) is 3.40. The molecule has 0 atom stereocenters. The minimum Gasteiger partial charge on any atom is -0.365 e. The number of hydrogen-bond acceptors (Lipinski definition) is 6. The lowest BCUT2D eigenvalue weighted by molar-refractivity contribution is 0.607. The third kappa shape index (κ3) is 4.72. The highest BCUT2D eigenvalue weighted by Gasteiger charge is 2.11. The van der Waals surface area contributed by atoms with Gasteiger partial charge in [0.05, 0.1) is 16.5 Å². The number of thiophene rings is 1. The second-order valence-electron chi connectivity index (χ2n) is 6.84. The molecular formula is C21H20N4O2S2. The summed E-state index contributed by atoms with van der Waals surface area (Å²) in [6, 6.07) is 17.7. The number of aryl methyl sites for hydroxylation is 1. The van der Waals surface area contributed by atoms with Crippen molar-refractivity contribution in [1.82, 2.24) is 9.97 Å². The maximum Gasteiger partial charge on any atom is 0.229 e. The van der Waals surface area contributed by atoms with Gasteiger partial charge in [-0.25, -0.2) is 18.4 Å². The molecule has 0 aliphatic carbocycles. The summed E-state index contributed by atoms with van der Waals surface area (Å²) in [6.45, 7) is 2.74. The minimum absolute atomic E-state index is 0.534. The standard InChI is InChI=1S/C21H20N4O2S2/c1-14-6-8-15(9-7-14)12-22-21-20-18(23-13-24-21)11-19(28-20)16-4-3-5-17(10-16)25-29(2,26)27/h3-11,13,25H,12H2,1-2H3,(H,22,23,24). The van der Waals surface area contributed by atoms with Crippen LogP contribution < -0.4 is 10.0 Å². The number of fused-ring (bicyclic) bond motifs is 1. The van der Waals surface area contributed by atoms with Crippen LogP contribution in [0.2, 0.25) is 0 Å². The van der Waals surface area contributed by atoms with Crippen LogP contribution in [-0.2, 0) is 16.6 Å². The number of anilines is 2. The second-order valence-corrected chi connectivity index (χ2v) is 9.64. The smallest absolute Gasteiger partial charge is 0.229 e. The van der Waals surface area contributed by atoms with Crippen LogP contribution in [0.25, 0.3) is 20.7 Å². The molecule has 0 unspecified atom stereocenters. The van der Waals surface area contributed by atoms with E-state index in [1.807, 2.05) is 24.3 Å². The van der Waals surface area contributed by atoms with Gasteiger partial charge in [0, 0.05) is 17.1 Å². The Morgan fingerprint density at radius 1 is 1.03 bits per heavy atom. The van der Waals surface area contributed by atoms with Crippen molar-refractivity contribution in [2.75, 3.05) is 16.3 Å². The van der Waals surface area contributed by atoms with E-state index in [1.54, 1.807) is 23.7 Å². The van der Waals surface area contributed by atoms with Crippen molar-refractivity contribution in [3.8, 4) is 10.4 Å². The molecule has 0 bridgehead atoms. The summed E-state index contributed by atoms with van der Waals surface area (Å²) >= 11 is 1.58. The van der Waals surface area contributed by atoms with Gasteiger partial charge in [-0.15, -0.1) is 11.3 Å². The maximum absolute atomic E-state index is 11.5. The Bertz CT molecular complexity index is 1270. The van der Waals surface area contributed by atoms with E-state index in [2.05, 4.69) is 51.2 Å². The zero-order chi connectivity index (χ0) is 20.4. The third-order valence-electron chi connectivity index (χ3n) is 4.34. The van der Waals surface area contributed by atoms with Crippen LogP contribution >= 0.6 is 11.3 Å². The number of hydrogen-bond donors (Lipinski definition) is 2. The fraction of sp³-hybridized carbons (Fsp3) is 0.143. The van der Waals surface area contributed by atoms with E-state index in [4.69, 9.17) is 0 Å². The first-order valence-corrected chi connectivity index (χ1v) is 11.7. The average Bonchev–Trinajstić information content (AvgIpc) is 3.11. The highest BCUT2D eigenvalue weighted by Crippen LogP contribution is 2.36. The third-order valence-corrected chi connectivity index (χ3v) is 6.13. The maximum atomic E-state index is 11.5. The van der Waals surface area contributed by atoms with Gasteiger partial charge in [-0.1, -0.05) is 42.0 Å². The summed E-state index contributed by atoms with van der Waals surface area (Å²) in [5.74, 6) is 0.789. The largest absolute Gasteiger partial charge is 0.365 e. The van der Waals surface area contributed by atoms with Crippen molar-refractivity contribution in [3.63, 3.8) is 0 Å². The summed E-state index contributed by atoms with van der Waals surface area (Å²) in [7, 11) is -3.32. The van der Waals surface area contributed by atoms with E-state index < -0.39 is 10.0 Å². The van der Waals surface area contributed by atoms with Gasteiger partial charge in [0.2, 0.25) is 10.0 Å². The van der Waals surface area contributed by atoms with Gasteiger partial charge in [0.25, 0.3) is 0 Å². The summed E-state index contributed by atoms with van der Waals surface area (Å²) in [6.07, 6.45) is 2.69. The molecule has 29 heavy (non-hydrogen) atoms. The molecule has 4 rings (SSSR count). The molecule has 4 aromatic rings. The number of benzene rings is 2. The molecule has 2 aromatic heterocycles. The van der Waals surface area contributed by atoms with Crippen LogP contribution in [0.15, 0.2) is 60.9 Å². The molecule has 0 amide bonds. The van der Waals surface area contributed by atoms with Gasteiger partial charge in [-0.3, -0.25) is 4.72 Å². The Kier molecular flexibility index (Phi) is 5.21. The molecule has 6 nitrogen and oxygen atoms in total. The molecule has 0 radical (unpaired) electrons. The second kappa shape index (κ2) is 7.81. The van der Waals surface area contributed by atoms with Crippen LogP contribution in [0.5, 0.6) is 0 Å². The number of aromatic nitrogens is 2. The molecule has 2 N–H and O–H groups in total. The van der Waals surface area contributed by atoms with Crippen LogP contribution in [-0.4, -0.2) is 24.6 Å². The van der Waals surface area contributed by atoms with Crippen molar-refractivity contribution in [2.45, 2.75) is 13.5 Å². The van der Waals surface area contributed by atoms with Crippen LogP contribution in [0, 0.1) is 6.92 Å². The molecule has 2 heterocycles. The molecule has 0 saturated carbocycles. The Labute approximate surface area is 173 Å². The number of rotatable bonds is 6. The molecular weight excluding hydrogens is 404 g/mol. The molecule has 0 aliphatic rings. The van der Waals surface area contributed by atoms with E-state index >= 15 is 0 Å². The average molecular weight is 425 g/mol. The molecule has 0 spiro atoms. The van der Waals surface area contributed by atoms with Crippen LogP contribution in [0.3, 0.4) is 0 Å². The number of nitrogens with one attached hydrogen (secondary N) is 2. The highest BCUT2D eigenvalue weighted by atomic mass is 32.2. The van der Waals surface area contributed by atoms with Gasteiger partial charge in [0.1, 0.15) is 12.1 Å². The Morgan fingerprint density at radius 3 is 2.59 bits per heavy atom. The summed E-state index contributed by atoms with van der Waals surface area (Å²) in [4.78, 5) is 9.79. The Hall–Kier alpha value is -2.97. The van der Waals surface area contributed by atoms with Crippen LogP contribution in [0.1, 0.15) is 11.1 Å².